The second kappa shape index (κ2) is 20.8. The Morgan fingerprint density at radius 2 is 1.62 bits per heavy atom. The van der Waals surface area contributed by atoms with Crippen LogP contribution >= 0.6 is 20.6 Å². The van der Waals surface area contributed by atoms with Crippen molar-refractivity contribution in [3.8, 4) is 0 Å². The van der Waals surface area contributed by atoms with Crippen LogP contribution in [0.3, 0.4) is 0 Å². The molecule has 2 N–H and O–H groups in total. The number of halogens is 1. The summed E-state index contributed by atoms with van der Waals surface area (Å²) in [5, 5.41) is 11.8. The maximum Gasteiger partial charge on any atom is 0.414 e. The summed E-state index contributed by atoms with van der Waals surface area (Å²) in [6, 6.07) is 4.55. The molecule has 1 fully saturated rings. The standard InChI is InChI=1S/C43H77FN2O8S2/c1-32(2)38(48)53-43(10,11)23-26-50-41(6,7)22-17-27-55(12,13)54-56(14,15)30-33(3)18-16-21-42(8,9)51-31-40(4,5)37-29-46(39(49)52-37)34-19-20-36(35(44)28-34)45-24-25-47/h19-20,28,33,37,45,47H,1,16-18,21-27,29-31H2,2-15H3. The first-order chi connectivity index (χ1) is 25.6. The predicted octanol–water partition coefficient (Wildman–Crippen LogP) is 10.0. The number of ether oxygens (including phenoxy) is 4. The molecule has 2 atom stereocenters. The summed E-state index contributed by atoms with van der Waals surface area (Å²) in [5.74, 6) is 1.71. The Labute approximate surface area is 342 Å². The van der Waals surface area contributed by atoms with Gasteiger partial charge in [-0.1, -0.05) is 33.8 Å². The van der Waals surface area contributed by atoms with Crippen LogP contribution in [0.1, 0.15) is 108 Å². The Morgan fingerprint density at radius 1 is 1.00 bits per heavy atom. The lowest BCUT2D eigenvalue weighted by atomic mass is 9.86. The topological polar surface area (TPSA) is 116 Å². The number of amides is 1. The van der Waals surface area contributed by atoms with Crippen molar-refractivity contribution in [1.82, 2.24) is 0 Å². The Hall–Kier alpha value is -2.03. The van der Waals surface area contributed by atoms with E-state index in [1.54, 1.807) is 19.1 Å². The van der Waals surface area contributed by atoms with Gasteiger partial charge in [0.2, 0.25) is 0 Å². The highest BCUT2D eigenvalue weighted by Gasteiger charge is 2.43. The monoisotopic (exact) mass is 833 g/mol. The van der Waals surface area contributed by atoms with E-state index in [0.717, 1.165) is 43.6 Å². The number of aliphatic hydroxyl groups excluding tert-OH is 1. The first kappa shape index (κ1) is 50.1. The lowest BCUT2D eigenvalue weighted by molar-refractivity contribution is -0.154. The normalized spacial score (nSPS) is 17.1. The quantitative estimate of drug-likeness (QED) is 0.0695. The molecule has 0 aromatic heterocycles. The van der Waals surface area contributed by atoms with Crippen LogP contribution in [0.15, 0.2) is 30.4 Å². The Balaban J connectivity index is 1.76. The number of aliphatic hydroxyl groups is 1. The average molecular weight is 833 g/mol. The van der Waals surface area contributed by atoms with Crippen molar-refractivity contribution >= 4 is 44.1 Å². The van der Waals surface area contributed by atoms with Gasteiger partial charge >= 0.3 is 12.1 Å². The molecule has 0 radical (unpaired) electrons. The third-order valence-corrected chi connectivity index (χ3v) is 15.7. The van der Waals surface area contributed by atoms with Crippen LogP contribution in [0, 0.1) is 17.2 Å². The largest absolute Gasteiger partial charge is 0.456 e. The van der Waals surface area contributed by atoms with Crippen molar-refractivity contribution in [2.24, 2.45) is 11.3 Å². The van der Waals surface area contributed by atoms with E-state index in [9.17, 15) is 14.0 Å². The summed E-state index contributed by atoms with van der Waals surface area (Å²) in [6.45, 7) is 25.4. The smallest absolute Gasteiger partial charge is 0.414 e. The van der Waals surface area contributed by atoms with E-state index in [4.69, 9.17) is 27.7 Å². The van der Waals surface area contributed by atoms with Crippen molar-refractivity contribution in [1.29, 1.82) is 0 Å². The number of nitrogens with one attached hydrogen (secondary N) is 1. The molecular formula is C43H77FN2O8S2. The second-order valence-corrected chi connectivity index (χ2v) is 26.1. The van der Waals surface area contributed by atoms with E-state index in [0.29, 0.717) is 43.4 Å². The number of benzene rings is 1. The van der Waals surface area contributed by atoms with Gasteiger partial charge in [-0.2, -0.15) is 0 Å². The molecule has 2 unspecified atom stereocenters. The Morgan fingerprint density at radius 3 is 2.23 bits per heavy atom. The van der Waals surface area contributed by atoms with Crippen molar-refractivity contribution in [3.63, 3.8) is 0 Å². The number of anilines is 2. The van der Waals surface area contributed by atoms with Crippen LogP contribution in [0.5, 0.6) is 0 Å². The number of carbonyl (C=O) groups excluding carboxylic acids is 2. The predicted molar refractivity (Wildman–Crippen MR) is 235 cm³/mol. The number of carbonyl (C=O) groups is 2. The van der Waals surface area contributed by atoms with Crippen LogP contribution in [-0.2, 0) is 27.4 Å². The highest BCUT2D eigenvalue weighted by atomic mass is 32.3. The van der Waals surface area contributed by atoms with Gasteiger partial charge in [0.15, 0.2) is 0 Å². The van der Waals surface area contributed by atoms with Gasteiger partial charge in [0.1, 0.15) is 17.5 Å². The summed E-state index contributed by atoms with van der Waals surface area (Å²) < 4.78 is 45.6. The van der Waals surface area contributed by atoms with Crippen LogP contribution in [-0.4, -0.2) is 110 Å². The second-order valence-electron chi connectivity index (χ2n) is 19.0. The first-order valence-electron chi connectivity index (χ1n) is 20.0. The fraction of sp³-hybridized carbons (Fsp3) is 0.767. The SMILES string of the molecule is C=C(C)C(=O)OC(C)(C)CCOC(C)(C)CCCS(C)(C)OS(C)(C)CC(C)CCCC(C)(C)OCC(C)(C)C1CN(c2ccc(NCCO)c(F)c2)C(=O)O1. The summed E-state index contributed by atoms with van der Waals surface area (Å²) in [4.78, 5) is 26.2. The van der Waals surface area contributed by atoms with Gasteiger partial charge in [0.25, 0.3) is 0 Å². The highest BCUT2D eigenvalue weighted by molar-refractivity contribution is 8.40. The number of cyclic esters (lactones) is 1. The van der Waals surface area contributed by atoms with Gasteiger partial charge in [-0.25, -0.2) is 14.0 Å². The molecule has 0 bridgehead atoms. The van der Waals surface area contributed by atoms with Gasteiger partial charge < -0.3 is 29.4 Å². The number of esters is 1. The molecule has 0 aliphatic carbocycles. The zero-order valence-corrected chi connectivity index (χ0v) is 38.9. The summed E-state index contributed by atoms with van der Waals surface area (Å²) in [5.41, 5.74) is -0.608. The fourth-order valence-corrected chi connectivity index (χ4v) is 13.6. The van der Waals surface area contributed by atoms with Gasteiger partial charge in [-0.3, -0.25) is 8.53 Å². The molecule has 1 aromatic rings. The molecule has 1 amide bonds. The zero-order valence-electron chi connectivity index (χ0n) is 37.2. The lowest BCUT2D eigenvalue weighted by Gasteiger charge is -2.44. The Bertz CT molecular complexity index is 1450. The van der Waals surface area contributed by atoms with Gasteiger partial charge in [0.05, 0.1) is 48.9 Å². The van der Waals surface area contributed by atoms with Crippen molar-refractivity contribution in [3.05, 3.63) is 36.2 Å². The molecule has 1 aromatic carbocycles. The maximum atomic E-state index is 14.6. The lowest BCUT2D eigenvalue weighted by Crippen LogP contribution is -2.40. The first-order valence-corrected chi connectivity index (χ1v) is 25.1. The molecule has 1 saturated heterocycles. The molecule has 326 valence electrons. The van der Waals surface area contributed by atoms with Crippen molar-refractivity contribution in [2.45, 2.75) is 131 Å². The minimum Gasteiger partial charge on any atom is -0.456 e. The maximum absolute atomic E-state index is 14.6. The van der Waals surface area contributed by atoms with Crippen molar-refractivity contribution < 1.29 is 41.7 Å². The van der Waals surface area contributed by atoms with E-state index >= 15 is 0 Å². The van der Waals surface area contributed by atoms with Crippen LogP contribution in [0.4, 0.5) is 20.6 Å². The number of nitrogens with zero attached hydrogens (tertiary/aromatic N) is 1. The molecule has 56 heavy (non-hydrogen) atoms. The summed E-state index contributed by atoms with van der Waals surface area (Å²) in [6.07, 6.45) is 13.8. The molecule has 0 saturated carbocycles. The molecule has 0 spiro atoms. The zero-order chi connectivity index (χ0) is 42.8. The minimum atomic E-state index is -1.25. The minimum absolute atomic E-state index is 0.109. The third-order valence-electron chi connectivity index (χ3n) is 10.1. The van der Waals surface area contributed by atoms with Gasteiger partial charge in [-0.05, 0) is 129 Å². The van der Waals surface area contributed by atoms with Crippen molar-refractivity contribution in [2.75, 3.05) is 79.7 Å². The fourth-order valence-electron chi connectivity index (χ4n) is 6.72. The van der Waals surface area contributed by atoms with Crippen LogP contribution in [0.25, 0.3) is 0 Å². The molecule has 1 aliphatic rings. The number of hydrogen-bond acceptors (Lipinski definition) is 9. The molecule has 1 aliphatic heterocycles. The van der Waals surface area contributed by atoms with Gasteiger partial charge in [0, 0.05) is 29.7 Å². The number of hydrogen-bond donors (Lipinski definition) is 2. The van der Waals surface area contributed by atoms with Crippen LogP contribution in [0.2, 0.25) is 0 Å². The molecule has 13 heteroatoms. The van der Waals surface area contributed by atoms with E-state index in [1.807, 2.05) is 27.7 Å². The van der Waals surface area contributed by atoms with E-state index < -0.39 is 49.6 Å². The number of rotatable bonds is 26. The molecule has 10 nitrogen and oxygen atoms in total. The third kappa shape index (κ3) is 17.9. The average Bonchev–Trinajstić information content (AvgIpc) is 3.44. The summed E-state index contributed by atoms with van der Waals surface area (Å²) >= 11 is 0. The van der Waals surface area contributed by atoms with Gasteiger partial charge in [-0.15, -0.1) is 20.6 Å². The summed E-state index contributed by atoms with van der Waals surface area (Å²) in [7, 11) is -2.49. The van der Waals surface area contributed by atoms with E-state index in [1.165, 1.54) is 11.0 Å². The molecular weight excluding hydrogens is 756 g/mol. The van der Waals surface area contributed by atoms with E-state index in [2.05, 4.69) is 71.5 Å². The van der Waals surface area contributed by atoms with E-state index in [-0.39, 0.29) is 36.0 Å². The highest BCUT2D eigenvalue weighted by Crippen LogP contribution is 2.59. The molecule has 1 heterocycles. The van der Waals surface area contributed by atoms with Crippen LogP contribution < -0.4 is 10.2 Å². The Kier molecular flexibility index (Phi) is 18.6. The molecule has 2 rings (SSSR count).